The molecule has 23 heavy (non-hydrogen) atoms. The van der Waals surface area contributed by atoms with Crippen LogP contribution in [0.25, 0.3) is 16.9 Å². The van der Waals surface area contributed by atoms with Crippen LogP contribution in [0.4, 0.5) is 0 Å². The molecule has 0 bridgehead atoms. The fraction of sp³-hybridized carbons (Fsp3) is 0.188. The van der Waals surface area contributed by atoms with Crippen molar-refractivity contribution >= 4 is 11.6 Å². The third-order valence-corrected chi connectivity index (χ3v) is 3.61. The Balaban J connectivity index is 1.91. The van der Waals surface area contributed by atoms with Crippen molar-refractivity contribution in [1.82, 2.24) is 14.6 Å². The number of nitrogens with zero attached hydrogens (tertiary/aromatic N) is 3. The number of ether oxygens (including phenoxy) is 3. The van der Waals surface area contributed by atoms with Crippen molar-refractivity contribution in [3.8, 4) is 22.8 Å². The fourth-order valence-corrected chi connectivity index (χ4v) is 2.54. The molecule has 3 aromatic rings. The van der Waals surface area contributed by atoms with E-state index >= 15 is 0 Å². The zero-order valence-electron chi connectivity index (χ0n) is 12.6. The van der Waals surface area contributed by atoms with E-state index in [2.05, 4.69) is 10.1 Å². The first-order chi connectivity index (χ1) is 11.2. The summed E-state index contributed by atoms with van der Waals surface area (Å²) in [6, 6.07) is 9.00. The average Bonchev–Trinajstić information content (AvgIpc) is 3.17. The van der Waals surface area contributed by atoms with Crippen LogP contribution < -0.4 is 9.47 Å². The van der Waals surface area contributed by atoms with E-state index in [1.165, 1.54) is 11.6 Å². The Hall–Kier alpha value is -3.09. The summed E-state index contributed by atoms with van der Waals surface area (Å²) in [7, 11) is 1.34. The molecule has 7 heteroatoms. The monoisotopic (exact) mass is 311 g/mol. The Morgan fingerprint density at radius 2 is 2.04 bits per heavy atom. The molecular formula is C16H13N3O4. The summed E-state index contributed by atoms with van der Waals surface area (Å²) < 4.78 is 17.0. The minimum Gasteiger partial charge on any atom is -0.464 e. The Bertz CT molecular complexity index is 932. The molecule has 0 radical (unpaired) electrons. The molecule has 2 aromatic heterocycles. The van der Waals surface area contributed by atoms with Crippen molar-refractivity contribution in [3.63, 3.8) is 0 Å². The molecule has 7 nitrogen and oxygen atoms in total. The van der Waals surface area contributed by atoms with Gasteiger partial charge < -0.3 is 14.2 Å². The highest BCUT2D eigenvalue weighted by Crippen LogP contribution is 2.35. The Labute approximate surface area is 131 Å². The maximum atomic E-state index is 12.1. The minimum absolute atomic E-state index is 0.209. The van der Waals surface area contributed by atoms with Crippen LogP contribution in [0.5, 0.6) is 11.5 Å². The van der Waals surface area contributed by atoms with E-state index in [1.54, 1.807) is 6.07 Å². The second kappa shape index (κ2) is 4.98. The van der Waals surface area contributed by atoms with Gasteiger partial charge in [0.25, 0.3) is 0 Å². The third-order valence-electron chi connectivity index (χ3n) is 3.61. The van der Waals surface area contributed by atoms with Gasteiger partial charge in [-0.05, 0) is 31.2 Å². The second-order valence-electron chi connectivity index (χ2n) is 5.14. The number of carbonyl (C=O) groups is 1. The SMILES string of the molecule is COC(=O)c1cc(-c2ccc3c(c2)OCO3)nc2cc(C)nn12. The number of hydrogen-bond acceptors (Lipinski definition) is 6. The van der Waals surface area contributed by atoms with Crippen LogP contribution in [0.2, 0.25) is 0 Å². The van der Waals surface area contributed by atoms with Gasteiger partial charge in [-0.3, -0.25) is 0 Å². The molecule has 4 rings (SSSR count). The van der Waals surface area contributed by atoms with E-state index < -0.39 is 5.97 Å². The molecule has 0 saturated heterocycles. The lowest BCUT2D eigenvalue weighted by molar-refractivity contribution is 0.0590. The summed E-state index contributed by atoms with van der Waals surface area (Å²) in [5.74, 6) is 0.888. The first-order valence-electron chi connectivity index (χ1n) is 7.01. The fourth-order valence-electron chi connectivity index (χ4n) is 2.54. The number of aromatic nitrogens is 3. The van der Waals surface area contributed by atoms with Crippen molar-refractivity contribution in [2.75, 3.05) is 13.9 Å². The van der Waals surface area contributed by atoms with Crippen molar-refractivity contribution in [2.45, 2.75) is 6.92 Å². The van der Waals surface area contributed by atoms with Crippen LogP contribution in [0.3, 0.4) is 0 Å². The van der Waals surface area contributed by atoms with Crippen molar-refractivity contribution in [3.05, 3.63) is 41.7 Å². The molecule has 3 heterocycles. The van der Waals surface area contributed by atoms with E-state index in [1.807, 2.05) is 31.2 Å². The van der Waals surface area contributed by atoms with Gasteiger partial charge in [-0.15, -0.1) is 0 Å². The van der Waals surface area contributed by atoms with E-state index in [9.17, 15) is 4.79 Å². The van der Waals surface area contributed by atoms with Gasteiger partial charge in [0, 0.05) is 11.6 Å². The molecule has 0 unspecified atom stereocenters. The Morgan fingerprint density at radius 3 is 2.87 bits per heavy atom. The van der Waals surface area contributed by atoms with Gasteiger partial charge in [0.15, 0.2) is 22.8 Å². The quantitative estimate of drug-likeness (QED) is 0.676. The number of aryl methyl sites for hydroxylation is 1. The molecule has 1 aliphatic heterocycles. The van der Waals surface area contributed by atoms with Crippen molar-refractivity contribution < 1.29 is 19.0 Å². The summed E-state index contributed by atoms with van der Waals surface area (Å²) in [4.78, 5) is 16.6. The van der Waals surface area contributed by atoms with Gasteiger partial charge in [-0.2, -0.15) is 5.10 Å². The van der Waals surface area contributed by atoms with Gasteiger partial charge in [0.2, 0.25) is 6.79 Å². The van der Waals surface area contributed by atoms with E-state index in [-0.39, 0.29) is 6.79 Å². The van der Waals surface area contributed by atoms with Gasteiger partial charge in [-0.25, -0.2) is 14.3 Å². The average molecular weight is 311 g/mol. The van der Waals surface area contributed by atoms with Crippen LogP contribution in [0.15, 0.2) is 30.3 Å². The highest BCUT2D eigenvalue weighted by atomic mass is 16.7. The standard InChI is InChI=1S/C16H13N3O4/c1-9-5-15-17-11(7-12(16(20)21-2)19(15)18-9)10-3-4-13-14(6-10)23-8-22-13/h3-7H,8H2,1-2H3. The van der Waals surface area contributed by atoms with E-state index in [0.717, 1.165) is 11.3 Å². The number of hydrogen-bond donors (Lipinski definition) is 0. The van der Waals surface area contributed by atoms with Crippen molar-refractivity contribution in [1.29, 1.82) is 0 Å². The lowest BCUT2D eigenvalue weighted by atomic mass is 10.1. The topological polar surface area (TPSA) is 75.0 Å². The highest BCUT2D eigenvalue weighted by Gasteiger charge is 2.18. The van der Waals surface area contributed by atoms with Crippen molar-refractivity contribution in [2.24, 2.45) is 0 Å². The summed E-state index contributed by atoms with van der Waals surface area (Å²) in [6.45, 7) is 2.05. The number of carbonyl (C=O) groups excluding carboxylic acids is 1. The lowest BCUT2D eigenvalue weighted by Gasteiger charge is -2.07. The molecule has 0 N–H and O–H groups in total. The maximum absolute atomic E-state index is 12.1. The van der Waals surface area contributed by atoms with Gasteiger partial charge in [-0.1, -0.05) is 0 Å². The first-order valence-corrected chi connectivity index (χ1v) is 7.01. The summed E-state index contributed by atoms with van der Waals surface area (Å²) in [5.41, 5.74) is 3.12. The van der Waals surface area contributed by atoms with Gasteiger partial charge in [0.05, 0.1) is 18.5 Å². The number of fused-ring (bicyclic) bond motifs is 2. The van der Waals surface area contributed by atoms with Crippen LogP contribution in [-0.4, -0.2) is 34.5 Å². The molecule has 0 spiro atoms. The zero-order valence-corrected chi connectivity index (χ0v) is 12.6. The van der Waals surface area contributed by atoms with Gasteiger partial charge in [0.1, 0.15) is 0 Å². The molecule has 0 fully saturated rings. The predicted octanol–water partition coefficient (Wildman–Crippen LogP) is 2.22. The molecule has 116 valence electrons. The van der Waals surface area contributed by atoms with Crippen LogP contribution in [0.1, 0.15) is 16.2 Å². The predicted molar refractivity (Wildman–Crippen MR) is 80.6 cm³/mol. The minimum atomic E-state index is -0.470. The third kappa shape index (κ3) is 2.17. The number of benzene rings is 1. The summed E-state index contributed by atoms with van der Waals surface area (Å²) in [6.07, 6.45) is 0. The van der Waals surface area contributed by atoms with E-state index in [0.29, 0.717) is 28.5 Å². The zero-order chi connectivity index (χ0) is 16.0. The Kier molecular flexibility index (Phi) is 2.94. The molecule has 0 saturated carbocycles. The Morgan fingerprint density at radius 1 is 1.22 bits per heavy atom. The normalized spacial score (nSPS) is 12.6. The lowest BCUT2D eigenvalue weighted by Crippen LogP contribution is -2.10. The smallest absolute Gasteiger partial charge is 0.356 e. The molecule has 0 aliphatic carbocycles. The largest absolute Gasteiger partial charge is 0.464 e. The van der Waals surface area contributed by atoms with Gasteiger partial charge >= 0.3 is 5.97 Å². The number of esters is 1. The number of methoxy groups -OCH3 is 1. The van der Waals surface area contributed by atoms with Crippen LogP contribution in [0, 0.1) is 6.92 Å². The number of rotatable bonds is 2. The molecular weight excluding hydrogens is 298 g/mol. The van der Waals surface area contributed by atoms with Crippen LogP contribution in [-0.2, 0) is 4.74 Å². The van der Waals surface area contributed by atoms with Crippen LogP contribution >= 0.6 is 0 Å². The molecule has 1 aromatic carbocycles. The first kappa shape index (κ1) is 13.6. The van der Waals surface area contributed by atoms with E-state index in [4.69, 9.17) is 14.2 Å². The summed E-state index contributed by atoms with van der Waals surface area (Å²) in [5, 5.41) is 4.28. The summed E-state index contributed by atoms with van der Waals surface area (Å²) >= 11 is 0. The molecule has 1 aliphatic rings. The second-order valence-corrected chi connectivity index (χ2v) is 5.14. The molecule has 0 atom stereocenters. The highest BCUT2D eigenvalue weighted by molar-refractivity contribution is 5.89. The molecule has 0 amide bonds. The maximum Gasteiger partial charge on any atom is 0.356 e.